The van der Waals surface area contributed by atoms with E-state index in [9.17, 15) is 0 Å². The van der Waals surface area contributed by atoms with Crippen molar-refractivity contribution in [3.63, 3.8) is 0 Å². The fraction of sp³-hybridized carbons (Fsp3) is 0.467. The number of hydrogen-bond donors (Lipinski definition) is 1. The first-order chi connectivity index (χ1) is 10.2. The van der Waals surface area contributed by atoms with E-state index in [0.29, 0.717) is 6.61 Å². The Morgan fingerprint density at radius 3 is 2.81 bits per heavy atom. The molecule has 6 nitrogen and oxygen atoms in total. The second-order valence-corrected chi connectivity index (χ2v) is 5.43. The quantitative estimate of drug-likeness (QED) is 0.925. The maximum absolute atomic E-state index is 6.02. The molecule has 2 aromatic rings. The number of aryl methyl sites for hydroxylation is 1. The van der Waals surface area contributed by atoms with Gasteiger partial charge in [0.05, 0.1) is 0 Å². The molecule has 21 heavy (non-hydrogen) atoms. The molecule has 1 aliphatic heterocycles. The first kappa shape index (κ1) is 13.9. The third-order valence-corrected chi connectivity index (χ3v) is 3.78. The molecule has 2 N–H and O–H groups in total. The van der Waals surface area contributed by atoms with Crippen molar-refractivity contribution in [1.29, 1.82) is 0 Å². The molecule has 0 radical (unpaired) electrons. The van der Waals surface area contributed by atoms with Crippen molar-refractivity contribution >= 4 is 5.69 Å². The molecular weight excluding hydrogens is 268 g/mol. The molecule has 3 rings (SSSR count). The number of nitrogens with two attached hydrogens (primary N) is 1. The minimum Gasteiger partial charge on any atom is -0.487 e. The maximum Gasteiger partial charge on any atom is 0.145 e. The van der Waals surface area contributed by atoms with Crippen molar-refractivity contribution in [2.24, 2.45) is 5.73 Å². The summed E-state index contributed by atoms with van der Waals surface area (Å²) < 4.78 is 10.3. The Morgan fingerprint density at radius 1 is 1.33 bits per heavy atom. The van der Waals surface area contributed by atoms with Gasteiger partial charge >= 0.3 is 0 Å². The number of ether oxygens (including phenoxy) is 1. The van der Waals surface area contributed by atoms with Gasteiger partial charge in [-0.1, -0.05) is 10.3 Å². The van der Waals surface area contributed by atoms with Gasteiger partial charge in [0.15, 0.2) is 0 Å². The van der Waals surface area contributed by atoms with Gasteiger partial charge in [0.2, 0.25) is 0 Å². The normalized spacial score (nSPS) is 18.8. The Hall–Kier alpha value is -2.08. The van der Waals surface area contributed by atoms with E-state index in [2.05, 4.69) is 32.0 Å². The Bertz CT molecular complexity index is 582. The van der Waals surface area contributed by atoms with E-state index < -0.39 is 0 Å². The molecule has 1 fully saturated rings. The Kier molecular flexibility index (Phi) is 4.06. The van der Waals surface area contributed by atoms with Crippen LogP contribution in [0.2, 0.25) is 0 Å². The van der Waals surface area contributed by atoms with Gasteiger partial charge in [0.1, 0.15) is 23.7 Å². The van der Waals surface area contributed by atoms with Crippen LogP contribution in [-0.2, 0) is 6.61 Å². The highest BCUT2D eigenvalue weighted by Gasteiger charge is 2.16. The Morgan fingerprint density at radius 2 is 2.14 bits per heavy atom. The van der Waals surface area contributed by atoms with Crippen LogP contribution in [-0.4, -0.2) is 29.4 Å². The van der Waals surface area contributed by atoms with Gasteiger partial charge in [-0.15, -0.1) is 0 Å². The lowest BCUT2D eigenvalue weighted by atomic mass is 10.1. The zero-order valence-electron chi connectivity index (χ0n) is 12.2. The zero-order chi connectivity index (χ0) is 14.7. The number of rotatable bonds is 4. The molecule has 112 valence electrons. The summed E-state index contributed by atoms with van der Waals surface area (Å²) in [6.07, 6.45) is 2.26. The molecular formula is C15H20N4O2. The maximum atomic E-state index is 6.02. The second kappa shape index (κ2) is 6.13. The Labute approximate surface area is 123 Å². The smallest absolute Gasteiger partial charge is 0.145 e. The molecule has 6 heteroatoms. The molecule has 1 aromatic carbocycles. The summed E-state index contributed by atoms with van der Waals surface area (Å²) in [5.74, 6) is 0.808. The average Bonchev–Trinajstić information content (AvgIpc) is 2.91. The first-order valence-electron chi connectivity index (χ1n) is 7.24. The highest BCUT2D eigenvalue weighted by molar-refractivity contribution is 5.49. The predicted molar refractivity (Wildman–Crippen MR) is 79.2 cm³/mol. The van der Waals surface area contributed by atoms with Gasteiger partial charge in [0.25, 0.3) is 0 Å². The van der Waals surface area contributed by atoms with Gasteiger partial charge in [-0.3, -0.25) is 0 Å². The van der Waals surface area contributed by atoms with E-state index in [1.165, 1.54) is 5.69 Å². The zero-order valence-corrected chi connectivity index (χ0v) is 12.2. The van der Waals surface area contributed by atoms with E-state index in [4.69, 9.17) is 10.5 Å². The molecule has 1 unspecified atom stereocenters. The lowest BCUT2D eigenvalue weighted by molar-refractivity contribution is 0.270. The van der Waals surface area contributed by atoms with Gasteiger partial charge in [0, 0.05) is 24.8 Å². The van der Waals surface area contributed by atoms with E-state index in [1.807, 2.05) is 19.1 Å². The summed E-state index contributed by atoms with van der Waals surface area (Å²) in [4.78, 5) is 2.32. The standard InChI is InChI=1S/C15H20N4O2/c1-11-15(18-21-17-11)10-20-14-6-4-13(5-7-14)19-8-2-3-12(16)9-19/h4-7,12H,2-3,8-10,16H2,1H3. The monoisotopic (exact) mass is 288 g/mol. The topological polar surface area (TPSA) is 77.4 Å². The molecule has 0 aliphatic carbocycles. The third-order valence-electron chi connectivity index (χ3n) is 3.78. The van der Waals surface area contributed by atoms with Crippen LogP contribution in [0.4, 0.5) is 5.69 Å². The van der Waals surface area contributed by atoms with Crippen LogP contribution in [0.1, 0.15) is 24.2 Å². The van der Waals surface area contributed by atoms with Crippen LogP contribution in [0, 0.1) is 6.92 Å². The van der Waals surface area contributed by atoms with Crippen molar-refractivity contribution in [2.45, 2.75) is 32.4 Å². The molecule has 1 aliphatic rings. The number of aromatic nitrogens is 2. The summed E-state index contributed by atoms with van der Waals surface area (Å²) in [6.45, 7) is 4.20. The van der Waals surface area contributed by atoms with Crippen LogP contribution in [0.15, 0.2) is 28.9 Å². The largest absolute Gasteiger partial charge is 0.487 e. The molecule has 0 amide bonds. The van der Waals surface area contributed by atoms with Crippen molar-refractivity contribution in [3.05, 3.63) is 35.7 Å². The SMILES string of the molecule is Cc1nonc1COc1ccc(N2CCCC(N)C2)cc1. The summed E-state index contributed by atoms with van der Waals surface area (Å²) in [7, 11) is 0. The minimum absolute atomic E-state index is 0.275. The van der Waals surface area contributed by atoms with Crippen LogP contribution in [0.5, 0.6) is 5.75 Å². The summed E-state index contributed by atoms with van der Waals surface area (Å²) in [6, 6.07) is 8.36. The fourth-order valence-corrected chi connectivity index (χ4v) is 2.53. The van der Waals surface area contributed by atoms with E-state index >= 15 is 0 Å². The van der Waals surface area contributed by atoms with Crippen molar-refractivity contribution in [2.75, 3.05) is 18.0 Å². The average molecular weight is 288 g/mol. The number of piperidine rings is 1. The molecule has 0 bridgehead atoms. The number of hydrogen-bond acceptors (Lipinski definition) is 6. The van der Waals surface area contributed by atoms with Gasteiger partial charge in [-0.2, -0.15) is 0 Å². The molecule has 1 saturated heterocycles. The van der Waals surface area contributed by atoms with E-state index in [1.54, 1.807) is 0 Å². The number of nitrogens with zero attached hydrogens (tertiary/aromatic N) is 3. The van der Waals surface area contributed by atoms with Gasteiger partial charge in [-0.05, 0) is 44.0 Å². The van der Waals surface area contributed by atoms with Crippen molar-refractivity contribution in [3.8, 4) is 5.75 Å². The summed E-state index contributed by atoms with van der Waals surface area (Å²) in [5, 5.41) is 7.52. The van der Waals surface area contributed by atoms with Crippen LogP contribution >= 0.6 is 0 Å². The predicted octanol–water partition coefficient (Wildman–Crippen LogP) is 1.88. The van der Waals surface area contributed by atoms with Crippen molar-refractivity contribution < 1.29 is 9.37 Å². The molecule has 0 saturated carbocycles. The van der Waals surface area contributed by atoms with Crippen LogP contribution < -0.4 is 15.4 Å². The fourth-order valence-electron chi connectivity index (χ4n) is 2.53. The molecule has 0 spiro atoms. The third kappa shape index (κ3) is 3.33. The van der Waals surface area contributed by atoms with Gasteiger partial charge < -0.3 is 15.4 Å². The first-order valence-corrected chi connectivity index (χ1v) is 7.24. The highest BCUT2D eigenvalue weighted by atomic mass is 16.6. The molecule has 1 atom stereocenters. The summed E-state index contributed by atoms with van der Waals surface area (Å²) >= 11 is 0. The number of benzene rings is 1. The molecule has 2 heterocycles. The van der Waals surface area contributed by atoms with Gasteiger partial charge in [-0.25, -0.2) is 4.63 Å². The minimum atomic E-state index is 0.275. The second-order valence-electron chi connectivity index (χ2n) is 5.43. The summed E-state index contributed by atoms with van der Waals surface area (Å²) in [5.41, 5.74) is 8.69. The lowest BCUT2D eigenvalue weighted by Gasteiger charge is -2.32. The number of anilines is 1. The van der Waals surface area contributed by atoms with Crippen LogP contribution in [0.3, 0.4) is 0 Å². The molecule has 1 aromatic heterocycles. The highest BCUT2D eigenvalue weighted by Crippen LogP contribution is 2.23. The van der Waals surface area contributed by atoms with Crippen molar-refractivity contribution in [1.82, 2.24) is 10.3 Å². The lowest BCUT2D eigenvalue weighted by Crippen LogP contribution is -2.42. The van der Waals surface area contributed by atoms with E-state index in [0.717, 1.165) is 43.1 Å². The van der Waals surface area contributed by atoms with Crippen LogP contribution in [0.25, 0.3) is 0 Å². The Balaban J connectivity index is 1.60. The van der Waals surface area contributed by atoms with E-state index in [-0.39, 0.29) is 6.04 Å².